The van der Waals surface area contributed by atoms with Crippen LogP contribution < -0.4 is 11.5 Å². The summed E-state index contributed by atoms with van der Waals surface area (Å²) in [7, 11) is 0. The van der Waals surface area contributed by atoms with Gasteiger partial charge in [0, 0.05) is 48.7 Å². The number of rotatable bonds is 2. The molecule has 2 aromatic carbocycles. The maximum Gasteiger partial charge on any atom is 0.418 e. The number of carbonyl (C=O) groups is 2. The SMILES string of the molecule is Cc1cc(C(=O)N2CCCN(C(=O)c3ccc(N)c(C(F)(F)F)c3)CC2)ccc1N. The average Bonchev–Trinajstić information content (AvgIpc) is 2.94. The van der Waals surface area contributed by atoms with E-state index in [1.165, 1.54) is 11.0 Å². The Bertz CT molecular complexity index is 975. The number of halogens is 3. The van der Waals surface area contributed by atoms with Gasteiger partial charge in [0.25, 0.3) is 11.8 Å². The Labute approximate surface area is 172 Å². The van der Waals surface area contributed by atoms with Crippen LogP contribution in [0.25, 0.3) is 0 Å². The normalized spacial score (nSPS) is 15.1. The Morgan fingerprint density at radius 2 is 1.33 bits per heavy atom. The molecule has 2 amide bonds. The maximum absolute atomic E-state index is 13.1. The van der Waals surface area contributed by atoms with Crippen molar-refractivity contribution in [2.45, 2.75) is 19.5 Å². The van der Waals surface area contributed by atoms with Crippen LogP contribution >= 0.6 is 0 Å². The molecule has 9 heteroatoms. The van der Waals surface area contributed by atoms with Gasteiger partial charge in [-0.3, -0.25) is 9.59 Å². The molecule has 1 heterocycles. The predicted molar refractivity (Wildman–Crippen MR) is 108 cm³/mol. The van der Waals surface area contributed by atoms with Crippen LogP contribution in [0.2, 0.25) is 0 Å². The molecule has 2 aromatic rings. The molecule has 3 rings (SSSR count). The topological polar surface area (TPSA) is 92.7 Å². The smallest absolute Gasteiger partial charge is 0.399 e. The van der Waals surface area contributed by atoms with Crippen molar-refractivity contribution in [2.24, 2.45) is 0 Å². The highest BCUT2D eigenvalue weighted by molar-refractivity contribution is 5.96. The zero-order chi connectivity index (χ0) is 22.1. The molecule has 160 valence electrons. The largest absolute Gasteiger partial charge is 0.418 e. The van der Waals surface area contributed by atoms with E-state index < -0.39 is 23.3 Å². The predicted octanol–water partition coefficient (Wildman–Crippen LogP) is 3.17. The molecule has 30 heavy (non-hydrogen) atoms. The number of hydrogen-bond acceptors (Lipinski definition) is 4. The van der Waals surface area contributed by atoms with Crippen molar-refractivity contribution in [3.63, 3.8) is 0 Å². The van der Waals surface area contributed by atoms with Crippen molar-refractivity contribution < 1.29 is 22.8 Å². The summed E-state index contributed by atoms with van der Waals surface area (Å²) in [6.07, 6.45) is -4.12. The fourth-order valence-corrected chi connectivity index (χ4v) is 3.43. The molecule has 1 saturated heterocycles. The number of carbonyl (C=O) groups excluding carboxylic acids is 2. The molecule has 0 spiro atoms. The van der Waals surface area contributed by atoms with Crippen LogP contribution in [-0.2, 0) is 6.18 Å². The van der Waals surface area contributed by atoms with Crippen LogP contribution in [0.5, 0.6) is 0 Å². The Kier molecular flexibility index (Phi) is 5.91. The van der Waals surface area contributed by atoms with Crippen LogP contribution in [-0.4, -0.2) is 47.8 Å². The quantitative estimate of drug-likeness (QED) is 0.730. The Morgan fingerprint density at radius 1 is 0.833 bits per heavy atom. The van der Waals surface area contributed by atoms with Gasteiger partial charge in [0.2, 0.25) is 0 Å². The van der Waals surface area contributed by atoms with Crippen molar-refractivity contribution in [3.8, 4) is 0 Å². The molecule has 4 N–H and O–H groups in total. The van der Waals surface area contributed by atoms with E-state index in [9.17, 15) is 22.8 Å². The van der Waals surface area contributed by atoms with Gasteiger partial charge in [-0.15, -0.1) is 0 Å². The van der Waals surface area contributed by atoms with Crippen LogP contribution in [0.3, 0.4) is 0 Å². The zero-order valence-electron chi connectivity index (χ0n) is 16.5. The molecule has 1 aliphatic heterocycles. The van der Waals surface area contributed by atoms with E-state index >= 15 is 0 Å². The minimum absolute atomic E-state index is 0.0783. The molecule has 0 atom stereocenters. The van der Waals surface area contributed by atoms with E-state index in [1.807, 2.05) is 6.92 Å². The van der Waals surface area contributed by atoms with E-state index in [0.29, 0.717) is 30.8 Å². The average molecular weight is 420 g/mol. The lowest BCUT2D eigenvalue weighted by Gasteiger charge is -2.23. The monoisotopic (exact) mass is 420 g/mol. The van der Waals surface area contributed by atoms with Gasteiger partial charge in [-0.1, -0.05) is 0 Å². The molecule has 0 aliphatic carbocycles. The highest BCUT2D eigenvalue weighted by Crippen LogP contribution is 2.34. The molecule has 1 fully saturated rings. The molecular formula is C21H23F3N4O2. The van der Waals surface area contributed by atoms with Crippen molar-refractivity contribution in [1.82, 2.24) is 9.80 Å². The second-order valence-electron chi connectivity index (χ2n) is 7.31. The zero-order valence-corrected chi connectivity index (χ0v) is 16.5. The first-order valence-corrected chi connectivity index (χ1v) is 9.49. The summed E-state index contributed by atoms with van der Waals surface area (Å²) >= 11 is 0. The third-order valence-electron chi connectivity index (χ3n) is 5.19. The number of amides is 2. The van der Waals surface area contributed by atoms with Gasteiger partial charge in [-0.05, 0) is 55.3 Å². The minimum atomic E-state index is -4.64. The fourth-order valence-electron chi connectivity index (χ4n) is 3.43. The minimum Gasteiger partial charge on any atom is -0.399 e. The lowest BCUT2D eigenvalue weighted by Crippen LogP contribution is -2.37. The number of benzene rings is 2. The summed E-state index contributed by atoms with van der Waals surface area (Å²) in [5.74, 6) is -0.683. The molecule has 0 aromatic heterocycles. The van der Waals surface area contributed by atoms with Crippen LogP contribution in [0.15, 0.2) is 36.4 Å². The highest BCUT2D eigenvalue weighted by atomic mass is 19.4. The number of alkyl halides is 3. The lowest BCUT2D eigenvalue weighted by atomic mass is 10.1. The first-order chi connectivity index (χ1) is 14.1. The van der Waals surface area contributed by atoms with Crippen LogP contribution in [0.1, 0.15) is 38.3 Å². The molecule has 1 aliphatic rings. The van der Waals surface area contributed by atoms with E-state index in [-0.39, 0.29) is 24.6 Å². The second kappa shape index (κ2) is 8.25. The number of nitrogens with zero attached hydrogens (tertiary/aromatic N) is 2. The first kappa shape index (κ1) is 21.5. The Hall–Kier alpha value is -3.23. The molecule has 0 saturated carbocycles. The summed E-state index contributed by atoms with van der Waals surface area (Å²) < 4.78 is 39.3. The van der Waals surface area contributed by atoms with E-state index in [0.717, 1.165) is 17.7 Å². The highest BCUT2D eigenvalue weighted by Gasteiger charge is 2.34. The van der Waals surface area contributed by atoms with Crippen molar-refractivity contribution in [2.75, 3.05) is 37.6 Å². The third-order valence-corrected chi connectivity index (χ3v) is 5.19. The van der Waals surface area contributed by atoms with E-state index in [2.05, 4.69) is 0 Å². The molecule has 0 unspecified atom stereocenters. The number of nitrogens with two attached hydrogens (primary N) is 2. The maximum atomic E-state index is 13.1. The van der Waals surface area contributed by atoms with Gasteiger partial charge in [0.05, 0.1) is 5.56 Å². The van der Waals surface area contributed by atoms with Crippen molar-refractivity contribution >= 4 is 23.2 Å². The first-order valence-electron chi connectivity index (χ1n) is 9.49. The summed E-state index contributed by atoms with van der Waals surface area (Å²) in [6.45, 7) is 3.12. The number of nitrogen functional groups attached to an aromatic ring is 2. The van der Waals surface area contributed by atoms with Gasteiger partial charge in [-0.2, -0.15) is 13.2 Å². The molecule has 0 bridgehead atoms. The van der Waals surface area contributed by atoms with Gasteiger partial charge in [-0.25, -0.2) is 0 Å². The summed E-state index contributed by atoms with van der Waals surface area (Å²) in [5.41, 5.74) is 11.6. The van der Waals surface area contributed by atoms with Crippen molar-refractivity contribution in [3.05, 3.63) is 58.7 Å². The van der Waals surface area contributed by atoms with Crippen LogP contribution in [0, 0.1) is 6.92 Å². The van der Waals surface area contributed by atoms with Gasteiger partial charge >= 0.3 is 6.18 Å². The Morgan fingerprint density at radius 3 is 1.83 bits per heavy atom. The van der Waals surface area contributed by atoms with E-state index in [1.54, 1.807) is 23.1 Å². The standard InChI is InChI=1S/C21H23F3N4O2/c1-13-11-14(3-5-17(13)25)19(29)27-7-2-8-28(10-9-27)20(30)15-4-6-18(26)16(12-15)21(22,23)24/h3-6,11-12H,2,7-10,25-26H2,1H3. The number of hydrogen-bond donors (Lipinski definition) is 2. The molecule has 0 radical (unpaired) electrons. The summed E-state index contributed by atoms with van der Waals surface area (Å²) in [6, 6.07) is 8.22. The fraction of sp³-hybridized carbons (Fsp3) is 0.333. The Balaban J connectivity index is 1.72. The summed E-state index contributed by atoms with van der Waals surface area (Å²) in [5, 5.41) is 0. The molecular weight excluding hydrogens is 397 g/mol. The third kappa shape index (κ3) is 4.50. The van der Waals surface area contributed by atoms with Crippen LogP contribution in [0.4, 0.5) is 24.5 Å². The molecule has 6 nitrogen and oxygen atoms in total. The van der Waals surface area contributed by atoms with Crippen molar-refractivity contribution in [1.29, 1.82) is 0 Å². The van der Waals surface area contributed by atoms with Gasteiger partial charge < -0.3 is 21.3 Å². The van der Waals surface area contributed by atoms with Gasteiger partial charge in [0.15, 0.2) is 0 Å². The number of anilines is 2. The summed E-state index contributed by atoms with van der Waals surface area (Å²) in [4.78, 5) is 28.7. The lowest BCUT2D eigenvalue weighted by molar-refractivity contribution is -0.136. The van der Waals surface area contributed by atoms with E-state index in [4.69, 9.17) is 11.5 Å². The number of aryl methyl sites for hydroxylation is 1. The van der Waals surface area contributed by atoms with Gasteiger partial charge in [0.1, 0.15) is 0 Å². The second-order valence-corrected chi connectivity index (χ2v) is 7.31.